The fourth-order valence-electron chi connectivity index (χ4n) is 1.52. The predicted molar refractivity (Wildman–Crippen MR) is 61.8 cm³/mol. The molecule has 0 atom stereocenters. The predicted octanol–water partition coefficient (Wildman–Crippen LogP) is 1.06. The standard InChI is InChI=1S/C11H12N2OS/c1-2-3-5-13-11(14)7-9-8-15-6-4-10(9)12-13/h7H,4-6,8H2,1H3. The summed E-state index contributed by atoms with van der Waals surface area (Å²) in [5, 5.41) is 4.34. The Labute approximate surface area is 92.9 Å². The van der Waals surface area contributed by atoms with Gasteiger partial charge in [0, 0.05) is 18.2 Å². The van der Waals surface area contributed by atoms with Crippen LogP contribution in [0.5, 0.6) is 0 Å². The number of hydrogen-bond donors (Lipinski definition) is 0. The summed E-state index contributed by atoms with van der Waals surface area (Å²) in [6.07, 6.45) is 0.958. The fourth-order valence-corrected chi connectivity index (χ4v) is 2.47. The largest absolute Gasteiger partial charge is 0.268 e. The van der Waals surface area contributed by atoms with Crippen LogP contribution in [0.4, 0.5) is 0 Å². The fraction of sp³-hybridized carbons (Fsp3) is 0.455. The van der Waals surface area contributed by atoms with Crippen LogP contribution in [0.2, 0.25) is 0 Å². The maximum absolute atomic E-state index is 11.6. The second-order valence-corrected chi connectivity index (χ2v) is 4.45. The van der Waals surface area contributed by atoms with E-state index in [0.717, 1.165) is 29.2 Å². The van der Waals surface area contributed by atoms with E-state index in [1.54, 1.807) is 13.0 Å². The molecule has 0 unspecified atom stereocenters. The molecule has 0 saturated carbocycles. The van der Waals surface area contributed by atoms with Crippen LogP contribution in [-0.2, 0) is 18.7 Å². The maximum atomic E-state index is 11.6. The second kappa shape index (κ2) is 4.54. The zero-order valence-corrected chi connectivity index (χ0v) is 9.43. The smallest absolute Gasteiger partial charge is 0.267 e. The molecule has 1 aliphatic heterocycles. The van der Waals surface area contributed by atoms with Crippen molar-refractivity contribution in [2.75, 3.05) is 5.75 Å². The van der Waals surface area contributed by atoms with Crippen LogP contribution >= 0.6 is 11.8 Å². The number of aromatic nitrogens is 2. The van der Waals surface area contributed by atoms with E-state index < -0.39 is 0 Å². The number of fused-ring (bicyclic) bond motifs is 1. The van der Waals surface area contributed by atoms with Crippen LogP contribution in [0.15, 0.2) is 10.9 Å². The van der Waals surface area contributed by atoms with Crippen molar-refractivity contribution in [2.24, 2.45) is 0 Å². The molecule has 0 spiro atoms. The molecule has 0 N–H and O–H groups in total. The third kappa shape index (κ3) is 2.24. The van der Waals surface area contributed by atoms with E-state index in [-0.39, 0.29) is 5.56 Å². The highest BCUT2D eigenvalue weighted by molar-refractivity contribution is 7.98. The minimum Gasteiger partial charge on any atom is -0.268 e. The molecule has 4 heteroatoms. The van der Waals surface area contributed by atoms with E-state index in [9.17, 15) is 4.79 Å². The van der Waals surface area contributed by atoms with Gasteiger partial charge in [0.1, 0.15) is 6.54 Å². The van der Waals surface area contributed by atoms with Crippen LogP contribution in [-0.4, -0.2) is 15.5 Å². The summed E-state index contributed by atoms with van der Waals surface area (Å²) in [6, 6.07) is 1.70. The van der Waals surface area contributed by atoms with E-state index in [2.05, 4.69) is 16.9 Å². The summed E-state index contributed by atoms with van der Waals surface area (Å²) in [5.41, 5.74) is 2.11. The molecule has 0 radical (unpaired) electrons. The summed E-state index contributed by atoms with van der Waals surface area (Å²) in [7, 11) is 0. The molecule has 0 amide bonds. The van der Waals surface area contributed by atoms with Crippen molar-refractivity contribution in [1.82, 2.24) is 9.78 Å². The Morgan fingerprint density at radius 3 is 3.33 bits per heavy atom. The molecular formula is C11H12N2OS. The molecule has 78 valence electrons. The van der Waals surface area contributed by atoms with Crippen molar-refractivity contribution in [3.63, 3.8) is 0 Å². The van der Waals surface area contributed by atoms with Gasteiger partial charge in [-0.05, 0) is 18.2 Å². The minimum absolute atomic E-state index is 0.0426. The molecule has 1 aliphatic rings. The molecule has 15 heavy (non-hydrogen) atoms. The summed E-state index contributed by atoms with van der Waals surface area (Å²) in [5.74, 6) is 7.64. The monoisotopic (exact) mass is 220 g/mol. The van der Waals surface area contributed by atoms with Gasteiger partial charge < -0.3 is 0 Å². The van der Waals surface area contributed by atoms with Gasteiger partial charge in [-0.15, -0.1) is 5.92 Å². The summed E-state index contributed by atoms with van der Waals surface area (Å²) >= 11 is 1.85. The number of rotatable bonds is 1. The second-order valence-electron chi connectivity index (χ2n) is 3.34. The van der Waals surface area contributed by atoms with Gasteiger partial charge in [0.2, 0.25) is 0 Å². The molecule has 2 rings (SSSR count). The number of hydrogen-bond acceptors (Lipinski definition) is 3. The van der Waals surface area contributed by atoms with E-state index in [4.69, 9.17) is 0 Å². The molecule has 0 saturated heterocycles. The van der Waals surface area contributed by atoms with Crippen LogP contribution in [0, 0.1) is 11.8 Å². The van der Waals surface area contributed by atoms with Crippen molar-refractivity contribution in [1.29, 1.82) is 0 Å². The number of thioether (sulfide) groups is 1. The summed E-state index contributed by atoms with van der Waals surface area (Å²) < 4.78 is 1.45. The highest BCUT2D eigenvalue weighted by Gasteiger charge is 2.12. The average Bonchev–Trinajstić information content (AvgIpc) is 2.26. The molecule has 3 nitrogen and oxygen atoms in total. The normalized spacial score (nSPS) is 13.9. The Bertz CT molecular complexity index is 482. The van der Waals surface area contributed by atoms with E-state index >= 15 is 0 Å². The van der Waals surface area contributed by atoms with Gasteiger partial charge in [-0.3, -0.25) is 4.79 Å². The summed E-state index contributed by atoms with van der Waals surface area (Å²) in [6.45, 7) is 2.16. The maximum Gasteiger partial charge on any atom is 0.267 e. The first-order chi connectivity index (χ1) is 7.31. The van der Waals surface area contributed by atoms with E-state index in [0.29, 0.717) is 6.54 Å². The van der Waals surface area contributed by atoms with Crippen LogP contribution in [0.25, 0.3) is 0 Å². The van der Waals surface area contributed by atoms with Crippen molar-refractivity contribution >= 4 is 11.8 Å². The quantitative estimate of drug-likeness (QED) is 0.664. The van der Waals surface area contributed by atoms with E-state index in [1.165, 1.54) is 4.68 Å². The molecule has 1 aromatic rings. The third-order valence-electron chi connectivity index (χ3n) is 2.31. The zero-order chi connectivity index (χ0) is 10.7. The Balaban J connectivity index is 2.39. The highest BCUT2D eigenvalue weighted by Crippen LogP contribution is 2.20. The third-order valence-corrected chi connectivity index (χ3v) is 3.32. The van der Waals surface area contributed by atoms with Gasteiger partial charge in [-0.25, -0.2) is 4.68 Å². The van der Waals surface area contributed by atoms with Gasteiger partial charge in [0.25, 0.3) is 5.56 Å². The number of aryl methyl sites for hydroxylation is 1. The summed E-state index contributed by atoms with van der Waals surface area (Å²) in [4.78, 5) is 11.6. The minimum atomic E-state index is -0.0426. The Morgan fingerprint density at radius 1 is 1.67 bits per heavy atom. The first kappa shape index (κ1) is 10.3. The average molecular weight is 220 g/mol. The van der Waals surface area contributed by atoms with Crippen LogP contribution < -0.4 is 5.56 Å². The first-order valence-electron chi connectivity index (χ1n) is 4.88. The zero-order valence-electron chi connectivity index (χ0n) is 8.62. The van der Waals surface area contributed by atoms with Crippen molar-refractivity contribution in [3.05, 3.63) is 27.7 Å². The lowest BCUT2D eigenvalue weighted by Crippen LogP contribution is -2.25. The lowest BCUT2D eigenvalue weighted by molar-refractivity contribution is 0.635. The molecule has 1 aromatic heterocycles. The highest BCUT2D eigenvalue weighted by atomic mass is 32.2. The number of nitrogens with zero attached hydrogens (tertiary/aromatic N) is 2. The molecule has 0 fully saturated rings. The Morgan fingerprint density at radius 2 is 2.53 bits per heavy atom. The van der Waals surface area contributed by atoms with Crippen molar-refractivity contribution < 1.29 is 0 Å². The van der Waals surface area contributed by atoms with Gasteiger partial charge in [-0.1, -0.05) is 5.92 Å². The first-order valence-corrected chi connectivity index (χ1v) is 6.04. The van der Waals surface area contributed by atoms with Gasteiger partial charge in [-0.2, -0.15) is 16.9 Å². The molecule has 0 bridgehead atoms. The van der Waals surface area contributed by atoms with Gasteiger partial charge in [0.15, 0.2) is 0 Å². The molecule has 2 heterocycles. The Hall–Kier alpha value is -1.21. The van der Waals surface area contributed by atoms with Gasteiger partial charge >= 0.3 is 0 Å². The van der Waals surface area contributed by atoms with Crippen LogP contribution in [0.3, 0.4) is 0 Å². The molecule has 0 aromatic carbocycles. The topological polar surface area (TPSA) is 34.9 Å². The van der Waals surface area contributed by atoms with E-state index in [1.807, 2.05) is 11.8 Å². The van der Waals surface area contributed by atoms with Crippen LogP contribution in [0.1, 0.15) is 18.2 Å². The molecule has 0 aliphatic carbocycles. The molecular weight excluding hydrogens is 208 g/mol. The SMILES string of the molecule is CC#CCn1nc2c(cc1=O)CSCC2. The lowest BCUT2D eigenvalue weighted by Gasteiger charge is -2.14. The van der Waals surface area contributed by atoms with Gasteiger partial charge in [0.05, 0.1) is 5.69 Å². The van der Waals surface area contributed by atoms with Crippen molar-refractivity contribution in [3.8, 4) is 11.8 Å². The lowest BCUT2D eigenvalue weighted by atomic mass is 10.2. The van der Waals surface area contributed by atoms with Crippen molar-refractivity contribution in [2.45, 2.75) is 25.6 Å². The Kier molecular flexibility index (Phi) is 3.12.